The molecule has 1 aromatic carbocycles. The minimum atomic E-state index is -0.155. The molecule has 0 spiro atoms. The molecule has 0 aliphatic carbocycles. The predicted octanol–water partition coefficient (Wildman–Crippen LogP) is 2.45. The lowest BCUT2D eigenvalue weighted by Crippen LogP contribution is -1.96. The Morgan fingerprint density at radius 3 is 2.56 bits per heavy atom. The van der Waals surface area contributed by atoms with Gasteiger partial charge in [-0.05, 0) is 12.1 Å². The first kappa shape index (κ1) is 12.4. The average Bonchev–Trinajstić information content (AvgIpc) is 2.30. The fourth-order valence-electron chi connectivity index (χ4n) is 1.13. The number of Topliss-reactive ketones (excluding diaryl/α,β-unsaturated/α-hetero) is 1. The minimum absolute atomic E-state index is 0.0787. The Bertz CT molecular complexity index is 459. The first-order chi connectivity index (χ1) is 7.77. The molecule has 0 aliphatic rings. The Labute approximate surface area is 101 Å². The van der Waals surface area contributed by atoms with E-state index in [0.717, 1.165) is 17.7 Å². The fourth-order valence-corrected chi connectivity index (χ4v) is 1.25. The van der Waals surface area contributed by atoms with Gasteiger partial charge in [-0.1, -0.05) is 24.0 Å². The summed E-state index contributed by atoms with van der Waals surface area (Å²) in [7, 11) is 0. The van der Waals surface area contributed by atoms with Gasteiger partial charge in [0, 0.05) is 23.3 Å². The summed E-state index contributed by atoms with van der Waals surface area (Å²) in [4.78, 5) is 11.3. The van der Waals surface area contributed by atoms with E-state index in [9.17, 15) is 4.79 Å². The van der Waals surface area contributed by atoms with E-state index in [0.29, 0.717) is 5.56 Å². The van der Waals surface area contributed by atoms with E-state index in [1.165, 1.54) is 0 Å². The lowest BCUT2D eigenvalue weighted by atomic mass is 10.1. The van der Waals surface area contributed by atoms with Gasteiger partial charge in [0.1, 0.15) is 0 Å². The monoisotopic (exact) mass is 229 g/mol. The third-order valence-corrected chi connectivity index (χ3v) is 2.14. The molecule has 0 atom stereocenters. The molecule has 0 amide bonds. The highest BCUT2D eigenvalue weighted by Crippen LogP contribution is 2.05. The maximum absolute atomic E-state index is 11.3. The number of benzene rings is 1. The summed E-state index contributed by atoms with van der Waals surface area (Å²) < 4.78 is 0. The van der Waals surface area contributed by atoms with Gasteiger partial charge in [-0.15, -0.1) is 0 Å². The van der Waals surface area contributed by atoms with Crippen LogP contribution in [0.3, 0.4) is 0 Å². The highest BCUT2D eigenvalue weighted by Gasteiger charge is 2.03. The molecule has 80 valence electrons. The van der Waals surface area contributed by atoms with Crippen LogP contribution in [-0.2, 0) is 0 Å². The molecule has 0 aromatic heterocycles. The number of carbonyl (C=O) groups is 1. The Morgan fingerprint density at radius 2 is 2.00 bits per heavy atom. The van der Waals surface area contributed by atoms with Crippen molar-refractivity contribution in [3.63, 3.8) is 0 Å². The molecule has 0 saturated heterocycles. The topological polar surface area (TPSA) is 40.9 Å². The van der Waals surface area contributed by atoms with Crippen molar-refractivity contribution in [2.24, 2.45) is 0 Å². The molecule has 3 heteroatoms. The van der Waals surface area contributed by atoms with Gasteiger partial charge in [0.15, 0.2) is 5.78 Å². The SMILES string of the molecule is N#CCC(=O)c1ccc(C#CCCS)cc1. The smallest absolute Gasteiger partial charge is 0.176 e. The summed E-state index contributed by atoms with van der Waals surface area (Å²) in [5.41, 5.74) is 1.43. The highest BCUT2D eigenvalue weighted by molar-refractivity contribution is 7.80. The van der Waals surface area contributed by atoms with Crippen molar-refractivity contribution in [3.05, 3.63) is 35.4 Å². The highest BCUT2D eigenvalue weighted by atomic mass is 32.1. The van der Waals surface area contributed by atoms with Gasteiger partial charge in [-0.2, -0.15) is 17.9 Å². The van der Waals surface area contributed by atoms with Crippen molar-refractivity contribution in [1.29, 1.82) is 5.26 Å². The number of hydrogen-bond donors (Lipinski definition) is 1. The first-order valence-electron chi connectivity index (χ1n) is 4.88. The van der Waals surface area contributed by atoms with E-state index < -0.39 is 0 Å². The summed E-state index contributed by atoms with van der Waals surface area (Å²) in [6.45, 7) is 0. The Balaban J connectivity index is 2.73. The molecule has 1 aromatic rings. The lowest BCUT2D eigenvalue weighted by Gasteiger charge is -1.96. The quantitative estimate of drug-likeness (QED) is 0.491. The number of hydrogen-bond acceptors (Lipinski definition) is 3. The summed E-state index contributed by atoms with van der Waals surface area (Å²) in [5, 5.41) is 8.40. The van der Waals surface area contributed by atoms with Gasteiger partial charge in [0.2, 0.25) is 0 Å². The third-order valence-electron chi connectivity index (χ3n) is 1.92. The molecule has 0 unspecified atom stereocenters. The maximum atomic E-state index is 11.3. The number of carbonyl (C=O) groups excluding carboxylic acids is 1. The molecule has 2 nitrogen and oxygen atoms in total. The molecule has 16 heavy (non-hydrogen) atoms. The molecule has 0 aliphatic heterocycles. The summed E-state index contributed by atoms with van der Waals surface area (Å²) >= 11 is 4.06. The predicted molar refractivity (Wildman–Crippen MR) is 66.4 cm³/mol. The largest absolute Gasteiger partial charge is 0.293 e. The molecule has 1 rings (SSSR count). The second-order valence-electron chi connectivity index (χ2n) is 3.11. The van der Waals surface area contributed by atoms with E-state index in [1.807, 2.05) is 6.07 Å². The van der Waals surface area contributed by atoms with Crippen LogP contribution in [-0.4, -0.2) is 11.5 Å². The van der Waals surface area contributed by atoms with E-state index in [1.54, 1.807) is 24.3 Å². The molecular formula is C13H11NOS. The van der Waals surface area contributed by atoms with Gasteiger partial charge in [-0.25, -0.2) is 0 Å². The van der Waals surface area contributed by atoms with Crippen molar-refractivity contribution in [2.75, 3.05) is 5.75 Å². The summed E-state index contributed by atoms with van der Waals surface area (Å²) in [6, 6.07) is 8.81. The molecule has 0 N–H and O–H groups in total. The molecule has 0 saturated carbocycles. The fraction of sp³-hybridized carbons (Fsp3) is 0.231. The van der Waals surface area contributed by atoms with Crippen LogP contribution in [0.15, 0.2) is 24.3 Å². The normalized spacial score (nSPS) is 8.75. The summed E-state index contributed by atoms with van der Waals surface area (Å²) in [6.07, 6.45) is 0.670. The van der Waals surface area contributed by atoms with Crippen molar-refractivity contribution in [3.8, 4) is 17.9 Å². The number of thiol groups is 1. The van der Waals surface area contributed by atoms with Gasteiger partial charge >= 0.3 is 0 Å². The Morgan fingerprint density at radius 1 is 1.31 bits per heavy atom. The molecule has 0 bridgehead atoms. The van der Waals surface area contributed by atoms with Gasteiger partial charge in [-0.3, -0.25) is 4.79 Å². The van der Waals surface area contributed by atoms with Crippen molar-refractivity contribution < 1.29 is 4.79 Å². The zero-order valence-corrected chi connectivity index (χ0v) is 9.63. The van der Waals surface area contributed by atoms with Crippen molar-refractivity contribution in [2.45, 2.75) is 12.8 Å². The second kappa shape index (κ2) is 6.71. The van der Waals surface area contributed by atoms with Crippen LogP contribution in [0.25, 0.3) is 0 Å². The number of nitrogens with zero attached hydrogens (tertiary/aromatic N) is 1. The minimum Gasteiger partial charge on any atom is -0.293 e. The zero-order valence-electron chi connectivity index (χ0n) is 8.73. The van der Waals surface area contributed by atoms with E-state index in [-0.39, 0.29) is 12.2 Å². The van der Waals surface area contributed by atoms with Crippen LogP contribution >= 0.6 is 12.6 Å². The van der Waals surface area contributed by atoms with E-state index in [2.05, 4.69) is 24.5 Å². The van der Waals surface area contributed by atoms with Crippen LogP contribution in [0.5, 0.6) is 0 Å². The van der Waals surface area contributed by atoms with Crippen LogP contribution < -0.4 is 0 Å². The third kappa shape index (κ3) is 3.81. The molecule has 0 radical (unpaired) electrons. The Kier molecular flexibility index (Phi) is 5.19. The van der Waals surface area contributed by atoms with Gasteiger partial charge in [0.05, 0.1) is 12.5 Å². The number of nitriles is 1. The summed E-state index contributed by atoms with van der Waals surface area (Å²) in [5.74, 6) is 6.52. The Hall–Kier alpha value is -1.71. The zero-order chi connectivity index (χ0) is 11.8. The van der Waals surface area contributed by atoms with E-state index in [4.69, 9.17) is 5.26 Å². The van der Waals surface area contributed by atoms with Gasteiger partial charge < -0.3 is 0 Å². The van der Waals surface area contributed by atoms with Crippen LogP contribution in [0.2, 0.25) is 0 Å². The van der Waals surface area contributed by atoms with E-state index >= 15 is 0 Å². The number of ketones is 1. The van der Waals surface area contributed by atoms with Crippen LogP contribution in [0.4, 0.5) is 0 Å². The first-order valence-corrected chi connectivity index (χ1v) is 5.51. The molecule has 0 fully saturated rings. The average molecular weight is 229 g/mol. The van der Waals surface area contributed by atoms with Crippen molar-refractivity contribution >= 4 is 18.4 Å². The van der Waals surface area contributed by atoms with Crippen molar-refractivity contribution in [1.82, 2.24) is 0 Å². The second-order valence-corrected chi connectivity index (χ2v) is 3.56. The number of rotatable bonds is 3. The maximum Gasteiger partial charge on any atom is 0.176 e. The van der Waals surface area contributed by atoms with Crippen LogP contribution in [0.1, 0.15) is 28.8 Å². The molecular weight excluding hydrogens is 218 g/mol. The standard InChI is InChI=1S/C13H11NOS/c14-9-8-13(15)12-6-4-11(5-7-12)3-1-2-10-16/h4-7,16H,2,8,10H2. The van der Waals surface area contributed by atoms with Crippen LogP contribution in [0, 0.1) is 23.2 Å². The molecule has 0 heterocycles. The lowest BCUT2D eigenvalue weighted by molar-refractivity contribution is 0.0998. The van der Waals surface area contributed by atoms with Gasteiger partial charge in [0.25, 0.3) is 0 Å².